The third-order valence-electron chi connectivity index (χ3n) is 2.72. The van der Waals surface area contributed by atoms with Crippen molar-refractivity contribution in [3.63, 3.8) is 0 Å². The highest BCUT2D eigenvalue weighted by Gasteiger charge is 2.39. The van der Waals surface area contributed by atoms with E-state index in [1.54, 1.807) is 0 Å². The number of esters is 2. The largest absolute Gasteiger partial charge is 0.462 e. The number of alkyl halides is 3. The predicted octanol–water partition coefficient (Wildman–Crippen LogP) is 1.71. The first kappa shape index (κ1) is 19.9. The number of carbonyl (C=O) groups excluding carboxylic acids is 2. The summed E-state index contributed by atoms with van der Waals surface area (Å²) >= 11 is 0. The number of hydrogen-bond acceptors (Lipinski definition) is 6. The molecule has 0 saturated heterocycles. The molecule has 1 rings (SSSR count). The molecule has 0 atom stereocenters. The van der Waals surface area contributed by atoms with Gasteiger partial charge in [-0.3, -0.25) is 0 Å². The highest BCUT2D eigenvalue weighted by Crippen LogP contribution is 2.36. The van der Waals surface area contributed by atoms with Gasteiger partial charge in [0.05, 0.1) is 34.8 Å². The zero-order chi connectivity index (χ0) is 18.7. The smallest absolute Gasteiger partial charge is 0.417 e. The number of nitrogens with two attached hydrogens (primary N) is 1. The Labute approximate surface area is 135 Å². The van der Waals surface area contributed by atoms with Crippen molar-refractivity contribution in [3.05, 3.63) is 28.8 Å². The summed E-state index contributed by atoms with van der Waals surface area (Å²) in [6.07, 6.45) is -5.13. The van der Waals surface area contributed by atoms with Crippen molar-refractivity contribution in [3.8, 4) is 0 Å². The monoisotopic (exact) mass is 369 g/mol. The molecular formula is C13H14F3NO6S. The van der Waals surface area contributed by atoms with E-state index in [9.17, 15) is 31.2 Å². The molecule has 0 bridgehead atoms. The molecule has 1 aromatic rings. The fourth-order valence-corrected chi connectivity index (χ4v) is 2.56. The van der Waals surface area contributed by atoms with E-state index in [-0.39, 0.29) is 19.3 Å². The first-order valence-corrected chi connectivity index (χ1v) is 8.10. The lowest BCUT2D eigenvalue weighted by atomic mass is 10.0. The zero-order valence-corrected chi connectivity index (χ0v) is 13.5. The second-order valence-corrected chi connectivity index (χ2v) is 5.91. The number of hydrogen-bond donors (Lipinski definition) is 1. The molecule has 0 radical (unpaired) electrons. The van der Waals surface area contributed by atoms with Gasteiger partial charge in [0, 0.05) is 0 Å². The molecule has 0 aliphatic carbocycles. The van der Waals surface area contributed by atoms with Crippen LogP contribution in [0.1, 0.15) is 40.1 Å². The van der Waals surface area contributed by atoms with Crippen molar-refractivity contribution in [2.75, 3.05) is 13.2 Å². The van der Waals surface area contributed by atoms with E-state index < -0.39 is 49.7 Å². The number of primary sulfonamides is 1. The van der Waals surface area contributed by atoms with Gasteiger partial charge in [-0.1, -0.05) is 0 Å². The van der Waals surface area contributed by atoms with E-state index in [0.717, 1.165) is 0 Å². The Bertz CT molecular complexity index is 758. The lowest BCUT2D eigenvalue weighted by Gasteiger charge is -2.16. The predicted molar refractivity (Wildman–Crippen MR) is 74.7 cm³/mol. The molecule has 0 amide bonds. The van der Waals surface area contributed by atoms with E-state index in [2.05, 4.69) is 9.47 Å². The molecule has 0 saturated carbocycles. The van der Waals surface area contributed by atoms with Crippen LogP contribution in [-0.4, -0.2) is 33.6 Å². The van der Waals surface area contributed by atoms with E-state index in [1.165, 1.54) is 13.8 Å². The Morgan fingerprint density at radius 3 is 1.79 bits per heavy atom. The number of rotatable bonds is 5. The van der Waals surface area contributed by atoms with E-state index >= 15 is 0 Å². The van der Waals surface area contributed by atoms with Crippen LogP contribution >= 0.6 is 0 Å². The van der Waals surface area contributed by atoms with Gasteiger partial charge in [0.2, 0.25) is 10.0 Å². The van der Waals surface area contributed by atoms with Gasteiger partial charge in [0.1, 0.15) is 0 Å². The molecule has 1 aromatic carbocycles. The molecule has 0 heterocycles. The second-order valence-electron chi connectivity index (χ2n) is 4.38. The molecule has 134 valence electrons. The number of carbonyl (C=O) groups is 2. The Hall–Kier alpha value is -2.14. The van der Waals surface area contributed by atoms with Crippen LogP contribution in [0.2, 0.25) is 0 Å². The average molecular weight is 369 g/mol. The first-order chi connectivity index (χ1) is 10.9. The van der Waals surface area contributed by atoms with Crippen LogP contribution in [0.25, 0.3) is 0 Å². The SMILES string of the molecule is CCOC(=O)c1cc(C(F)(F)F)c(S(N)(=O)=O)cc1C(=O)OCC. The molecule has 0 aliphatic rings. The number of sulfonamides is 1. The van der Waals surface area contributed by atoms with Crippen molar-refractivity contribution in [1.29, 1.82) is 0 Å². The Kier molecular flexibility index (Phi) is 5.95. The van der Waals surface area contributed by atoms with Gasteiger partial charge in [-0.15, -0.1) is 0 Å². The second kappa shape index (κ2) is 7.18. The highest BCUT2D eigenvalue weighted by molar-refractivity contribution is 7.89. The number of ether oxygens (including phenoxy) is 2. The minimum Gasteiger partial charge on any atom is -0.462 e. The topological polar surface area (TPSA) is 113 Å². The van der Waals surface area contributed by atoms with Crippen molar-refractivity contribution in [2.24, 2.45) is 5.14 Å². The maximum atomic E-state index is 13.1. The standard InChI is InChI=1S/C13H14F3NO6S/c1-3-22-11(18)7-5-9(13(14,15)16)10(24(17,20)21)6-8(7)12(19)23-4-2/h5-6H,3-4H2,1-2H3,(H2,17,20,21). The van der Waals surface area contributed by atoms with Gasteiger partial charge in [-0.05, 0) is 26.0 Å². The van der Waals surface area contributed by atoms with E-state index in [4.69, 9.17) is 5.14 Å². The Balaban J connectivity index is 3.80. The van der Waals surface area contributed by atoms with Gasteiger partial charge in [-0.25, -0.2) is 23.1 Å². The molecule has 2 N–H and O–H groups in total. The summed E-state index contributed by atoms with van der Waals surface area (Å²) < 4.78 is 71.4. The average Bonchev–Trinajstić information content (AvgIpc) is 2.44. The van der Waals surface area contributed by atoms with E-state index in [1.807, 2.05) is 0 Å². The number of benzene rings is 1. The summed E-state index contributed by atoms with van der Waals surface area (Å²) in [6, 6.07) is 0.576. The fourth-order valence-electron chi connectivity index (χ4n) is 1.79. The van der Waals surface area contributed by atoms with Crippen molar-refractivity contribution in [2.45, 2.75) is 24.9 Å². The van der Waals surface area contributed by atoms with Crippen LogP contribution in [0.5, 0.6) is 0 Å². The van der Waals surface area contributed by atoms with Crippen LogP contribution in [0.3, 0.4) is 0 Å². The van der Waals surface area contributed by atoms with E-state index in [0.29, 0.717) is 6.07 Å². The Morgan fingerprint density at radius 2 is 1.46 bits per heavy atom. The third-order valence-corrected chi connectivity index (χ3v) is 3.67. The normalized spacial score (nSPS) is 11.9. The van der Waals surface area contributed by atoms with Crippen molar-refractivity contribution < 1.29 is 40.7 Å². The van der Waals surface area contributed by atoms with Crippen LogP contribution in [-0.2, 0) is 25.7 Å². The summed E-state index contributed by atoms with van der Waals surface area (Å²) in [5.74, 6) is -2.41. The lowest BCUT2D eigenvalue weighted by Crippen LogP contribution is -2.23. The van der Waals surface area contributed by atoms with Gasteiger partial charge >= 0.3 is 18.1 Å². The maximum absolute atomic E-state index is 13.1. The number of halogens is 3. The molecule has 0 fully saturated rings. The van der Waals surface area contributed by atoms with Crippen LogP contribution < -0.4 is 5.14 Å². The minimum atomic E-state index is -5.13. The lowest BCUT2D eigenvalue weighted by molar-refractivity contribution is -0.139. The molecule has 0 spiro atoms. The highest BCUT2D eigenvalue weighted by atomic mass is 32.2. The van der Waals surface area contributed by atoms with Gasteiger partial charge < -0.3 is 9.47 Å². The summed E-state index contributed by atoms with van der Waals surface area (Å²) in [5.41, 5.74) is -3.14. The van der Waals surface area contributed by atoms with Crippen LogP contribution in [0, 0.1) is 0 Å². The summed E-state index contributed by atoms with van der Waals surface area (Å²) in [4.78, 5) is 22.4. The molecule has 11 heteroatoms. The first-order valence-electron chi connectivity index (χ1n) is 6.55. The summed E-state index contributed by atoms with van der Waals surface area (Å²) in [6.45, 7) is 2.52. The third kappa shape index (κ3) is 4.45. The van der Waals surface area contributed by atoms with Gasteiger partial charge in [-0.2, -0.15) is 13.2 Å². The van der Waals surface area contributed by atoms with Crippen molar-refractivity contribution >= 4 is 22.0 Å². The van der Waals surface area contributed by atoms with Crippen molar-refractivity contribution in [1.82, 2.24) is 0 Å². The summed E-state index contributed by atoms with van der Waals surface area (Å²) in [5, 5.41) is 4.79. The van der Waals surface area contributed by atoms with Gasteiger partial charge in [0.25, 0.3) is 0 Å². The maximum Gasteiger partial charge on any atom is 0.417 e. The quantitative estimate of drug-likeness (QED) is 0.791. The molecule has 7 nitrogen and oxygen atoms in total. The molecule has 0 aromatic heterocycles. The molecule has 24 heavy (non-hydrogen) atoms. The van der Waals surface area contributed by atoms with Crippen LogP contribution in [0.4, 0.5) is 13.2 Å². The molecule has 0 unspecified atom stereocenters. The molecular weight excluding hydrogens is 355 g/mol. The fraction of sp³-hybridized carbons (Fsp3) is 0.385. The summed E-state index contributed by atoms with van der Waals surface area (Å²) in [7, 11) is -4.82. The van der Waals surface area contributed by atoms with Gasteiger partial charge in [0.15, 0.2) is 0 Å². The minimum absolute atomic E-state index is 0.146. The van der Waals surface area contributed by atoms with Crippen LogP contribution in [0.15, 0.2) is 17.0 Å². The Morgan fingerprint density at radius 1 is 1.04 bits per heavy atom. The zero-order valence-electron chi connectivity index (χ0n) is 12.6. The molecule has 0 aliphatic heterocycles.